The molecule has 0 saturated heterocycles. The molecule has 0 bridgehead atoms. The van der Waals surface area contributed by atoms with Gasteiger partial charge in [0.1, 0.15) is 0 Å². The average molecular weight is 190 g/mol. The van der Waals surface area contributed by atoms with Crippen molar-refractivity contribution in [3.63, 3.8) is 0 Å². The summed E-state index contributed by atoms with van der Waals surface area (Å²) < 4.78 is 9.97. The molecular formula is C8H19BO4. The molecule has 0 aromatic carbocycles. The zero-order valence-electron chi connectivity index (χ0n) is 8.56. The standard InChI is InChI=1S/C8H19BO4/c1-6(2)8(11)5-13-9-12-4-7(3)10/h6-11H,4-5H2,1-3H3. The van der Waals surface area contributed by atoms with Gasteiger partial charge in [-0.3, -0.25) is 0 Å². The van der Waals surface area contributed by atoms with E-state index in [0.717, 1.165) is 0 Å². The molecule has 0 aliphatic rings. The van der Waals surface area contributed by atoms with Crippen molar-refractivity contribution in [2.75, 3.05) is 13.2 Å². The minimum absolute atomic E-state index is 0.120. The molecule has 78 valence electrons. The summed E-state index contributed by atoms with van der Waals surface area (Å²) in [7, 11) is 0.120. The molecule has 0 fully saturated rings. The summed E-state index contributed by atoms with van der Waals surface area (Å²) in [6, 6.07) is 0. The highest BCUT2D eigenvalue weighted by atomic mass is 16.6. The second-order valence-electron chi connectivity index (χ2n) is 3.52. The molecule has 0 amide bonds. The fraction of sp³-hybridized carbons (Fsp3) is 1.00. The molecule has 13 heavy (non-hydrogen) atoms. The van der Waals surface area contributed by atoms with Gasteiger partial charge in [0.2, 0.25) is 0 Å². The van der Waals surface area contributed by atoms with Crippen molar-refractivity contribution in [1.29, 1.82) is 0 Å². The molecule has 0 saturated carbocycles. The molecule has 2 unspecified atom stereocenters. The third-order valence-corrected chi connectivity index (χ3v) is 1.58. The number of rotatable bonds is 7. The first-order chi connectivity index (χ1) is 6.04. The van der Waals surface area contributed by atoms with Gasteiger partial charge in [0.15, 0.2) is 0 Å². The van der Waals surface area contributed by atoms with Crippen LogP contribution in [-0.2, 0) is 9.31 Å². The van der Waals surface area contributed by atoms with Crippen LogP contribution in [0.25, 0.3) is 0 Å². The maximum atomic E-state index is 9.31. The van der Waals surface area contributed by atoms with E-state index in [1.165, 1.54) is 0 Å². The molecule has 2 atom stereocenters. The van der Waals surface area contributed by atoms with Gasteiger partial charge in [-0.15, -0.1) is 0 Å². The number of aliphatic hydroxyl groups is 2. The van der Waals surface area contributed by atoms with E-state index < -0.39 is 12.2 Å². The first-order valence-electron chi connectivity index (χ1n) is 4.55. The molecule has 5 heteroatoms. The Hall–Kier alpha value is -0.0951. The van der Waals surface area contributed by atoms with Crippen molar-refractivity contribution < 1.29 is 19.5 Å². The maximum Gasteiger partial charge on any atom is 0.438 e. The van der Waals surface area contributed by atoms with Crippen LogP contribution in [0.15, 0.2) is 0 Å². The lowest BCUT2D eigenvalue weighted by atomic mass is 10.1. The lowest BCUT2D eigenvalue weighted by Crippen LogP contribution is -2.24. The van der Waals surface area contributed by atoms with Crippen molar-refractivity contribution in [3.05, 3.63) is 0 Å². The van der Waals surface area contributed by atoms with Crippen LogP contribution in [0.3, 0.4) is 0 Å². The molecular weight excluding hydrogens is 171 g/mol. The highest BCUT2D eigenvalue weighted by Crippen LogP contribution is 2.00. The highest BCUT2D eigenvalue weighted by Gasteiger charge is 2.09. The van der Waals surface area contributed by atoms with E-state index >= 15 is 0 Å². The van der Waals surface area contributed by atoms with E-state index in [2.05, 4.69) is 0 Å². The summed E-state index contributed by atoms with van der Waals surface area (Å²) in [5.74, 6) is 0.191. The molecule has 2 N–H and O–H groups in total. The second-order valence-corrected chi connectivity index (χ2v) is 3.52. The van der Waals surface area contributed by atoms with Gasteiger partial charge in [-0.2, -0.15) is 0 Å². The van der Waals surface area contributed by atoms with Gasteiger partial charge >= 0.3 is 7.69 Å². The van der Waals surface area contributed by atoms with Crippen LogP contribution in [0.1, 0.15) is 20.8 Å². The summed E-state index contributed by atoms with van der Waals surface area (Å²) in [5.41, 5.74) is 0. The van der Waals surface area contributed by atoms with E-state index in [4.69, 9.17) is 14.4 Å². The molecule has 0 aromatic rings. The Morgan fingerprint density at radius 1 is 1.08 bits per heavy atom. The summed E-state index contributed by atoms with van der Waals surface area (Å²) in [4.78, 5) is 0. The lowest BCUT2D eigenvalue weighted by Gasteiger charge is -2.14. The molecule has 0 rings (SSSR count). The fourth-order valence-electron chi connectivity index (χ4n) is 0.639. The van der Waals surface area contributed by atoms with E-state index in [1.807, 2.05) is 13.8 Å². The van der Waals surface area contributed by atoms with Crippen molar-refractivity contribution in [1.82, 2.24) is 0 Å². The van der Waals surface area contributed by atoms with Gasteiger partial charge in [0.05, 0.1) is 25.4 Å². The van der Waals surface area contributed by atoms with Gasteiger partial charge in [-0.25, -0.2) is 0 Å². The zero-order chi connectivity index (χ0) is 10.3. The summed E-state index contributed by atoms with van der Waals surface area (Å²) in [6.45, 7) is 6.02. The van der Waals surface area contributed by atoms with Gasteiger partial charge in [-0.05, 0) is 12.8 Å². The van der Waals surface area contributed by atoms with Crippen LogP contribution >= 0.6 is 0 Å². The third-order valence-electron chi connectivity index (χ3n) is 1.58. The smallest absolute Gasteiger partial charge is 0.411 e. The summed E-state index contributed by atoms with van der Waals surface area (Å²) in [6.07, 6.45) is -0.922. The minimum Gasteiger partial charge on any atom is -0.411 e. The predicted molar refractivity (Wildman–Crippen MR) is 51.6 cm³/mol. The Kier molecular flexibility index (Phi) is 7.27. The molecule has 0 heterocycles. The summed E-state index contributed by atoms with van der Waals surface area (Å²) >= 11 is 0. The maximum absolute atomic E-state index is 9.31. The Morgan fingerprint density at radius 2 is 1.62 bits per heavy atom. The van der Waals surface area contributed by atoms with Gasteiger partial charge in [-0.1, -0.05) is 13.8 Å². The monoisotopic (exact) mass is 190 g/mol. The summed E-state index contributed by atoms with van der Waals surface area (Å²) in [5, 5.41) is 18.1. The zero-order valence-corrected chi connectivity index (χ0v) is 8.56. The van der Waals surface area contributed by atoms with Crippen LogP contribution in [0.2, 0.25) is 0 Å². The van der Waals surface area contributed by atoms with Crippen LogP contribution in [0.5, 0.6) is 0 Å². The Balaban J connectivity index is 3.16. The van der Waals surface area contributed by atoms with Crippen molar-refractivity contribution in [2.45, 2.75) is 33.0 Å². The van der Waals surface area contributed by atoms with Crippen LogP contribution in [0, 0.1) is 5.92 Å². The molecule has 0 spiro atoms. The molecule has 0 aliphatic heterocycles. The normalized spacial score (nSPS) is 15.8. The van der Waals surface area contributed by atoms with Gasteiger partial charge in [0.25, 0.3) is 0 Å². The van der Waals surface area contributed by atoms with Crippen LogP contribution < -0.4 is 0 Å². The Labute approximate surface area is 80.2 Å². The quantitative estimate of drug-likeness (QED) is 0.426. The van der Waals surface area contributed by atoms with E-state index in [-0.39, 0.29) is 26.8 Å². The molecule has 0 radical (unpaired) electrons. The van der Waals surface area contributed by atoms with Crippen molar-refractivity contribution >= 4 is 7.69 Å². The van der Waals surface area contributed by atoms with Crippen molar-refractivity contribution in [3.8, 4) is 0 Å². The lowest BCUT2D eigenvalue weighted by molar-refractivity contribution is 0.0532. The number of hydrogen-bond donors (Lipinski definition) is 2. The van der Waals surface area contributed by atoms with Gasteiger partial charge < -0.3 is 19.5 Å². The Morgan fingerprint density at radius 3 is 2.08 bits per heavy atom. The van der Waals surface area contributed by atoms with E-state index in [0.29, 0.717) is 0 Å². The number of hydrogen-bond acceptors (Lipinski definition) is 4. The topological polar surface area (TPSA) is 58.9 Å². The van der Waals surface area contributed by atoms with E-state index in [9.17, 15) is 5.11 Å². The molecule has 0 aliphatic carbocycles. The predicted octanol–water partition coefficient (Wildman–Crippen LogP) is -0.316. The first-order valence-corrected chi connectivity index (χ1v) is 4.55. The van der Waals surface area contributed by atoms with Crippen LogP contribution in [0.4, 0.5) is 0 Å². The molecule has 4 nitrogen and oxygen atoms in total. The fourth-order valence-corrected chi connectivity index (χ4v) is 0.639. The Bertz CT molecular complexity index is 119. The van der Waals surface area contributed by atoms with Gasteiger partial charge in [0, 0.05) is 0 Å². The first kappa shape index (κ1) is 12.9. The van der Waals surface area contributed by atoms with Crippen molar-refractivity contribution in [2.24, 2.45) is 5.92 Å². The minimum atomic E-state index is -0.473. The van der Waals surface area contributed by atoms with E-state index in [1.54, 1.807) is 6.92 Å². The SMILES string of the molecule is CC(O)COBOCC(O)C(C)C. The third kappa shape index (κ3) is 8.24. The molecule has 0 aromatic heterocycles. The van der Waals surface area contributed by atoms with Crippen LogP contribution in [-0.4, -0.2) is 43.3 Å². The largest absolute Gasteiger partial charge is 0.438 e. The number of aliphatic hydroxyl groups excluding tert-OH is 2. The second kappa shape index (κ2) is 7.32. The highest BCUT2D eigenvalue weighted by molar-refractivity contribution is 6.17. The average Bonchev–Trinajstić information content (AvgIpc) is 2.02.